The van der Waals surface area contributed by atoms with E-state index in [1.807, 2.05) is 24.3 Å². The van der Waals surface area contributed by atoms with Gasteiger partial charge in [0.15, 0.2) is 0 Å². The number of aliphatic hydroxyl groups is 1. The number of benzene rings is 1. The molecule has 0 aliphatic carbocycles. The van der Waals surface area contributed by atoms with Crippen LogP contribution >= 0.6 is 0 Å². The second-order valence-corrected chi connectivity index (χ2v) is 4.65. The van der Waals surface area contributed by atoms with Crippen molar-refractivity contribution in [3.63, 3.8) is 0 Å². The summed E-state index contributed by atoms with van der Waals surface area (Å²) in [5, 5.41) is 16.2. The second kappa shape index (κ2) is 6.36. The lowest BCUT2D eigenvalue weighted by Gasteiger charge is -2.02. The first-order valence-electron chi connectivity index (χ1n) is 6.49. The van der Waals surface area contributed by atoms with E-state index in [0.29, 0.717) is 12.2 Å². The van der Waals surface area contributed by atoms with E-state index >= 15 is 0 Å². The Balaban J connectivity index is 2.26. The van der Waals surface area contributed by atoms with Crippen LogP contribution in [0, 0.1) is 0 Å². The highest BCUT2D eigenvalue weighted by molar-refractivity contribution is 5.87. The number of methoxy groups -OCH3 is 1. The van der Waals surface area contributed by atoms with Gasteiger partial charge in [-0.2, -0.15) is 0 Å². The summed E-state index contributed by atoms with van der Waals surface area (Å²) in [4.78, 5) is 11.1. The molecule has 7 nitrogen and oxygen atoms in total. The Morgan fingerprint density at radius 1 is 1.48 bits per heavy atom. The summed E-state index contributed by atoms with van der Waals surface area (Å²) in [6.07, 6.45) is -0.823. The third kappa shape index (κ3) is 3.57. The highest BCUT2D eigenvalue weighted by Crippen LogP contribution is 2.19. The number of aromatic nitrogens is 2. The fourth-order valence-corrected chi connectivity index (χ4v) is 1.97. The molecule has 2 rings (SSSR count). The van der Waals surface area contributed by atoms with Crippen molar-refractivity contribution < 1.29 is 23.8 Å². The van der Waals surface area contributed by atoms with Crippen molar-refractivity contribution in [2.45, 2.75) is 26.5 Å². The van der Waals surface area contributed by atoms with E-state index in [4.69, 9.17) is 9.26 Å². The maximum absolute atomic E-state index is 11.1. The van der Waals surface area contributed by atoms with Gasteiger partial charge in [0.1, 0.15) is 11.9 Å². The predicted molar refractivity (Wildman–Crippen MR) is 73.7 cm³/mol. The summed E-state index contributed by atoms with van der Waals surface area (Å²) in [6, 6.07) is 7.47. The third-order valence-corrected chi connectivity index (χ3v) is 2.92. The van der Waals surface area contributed by atoms with Crippen molar-refractivity contribution in [2.24, 2.45) is 0 Å². The number of hydrogen-bond donors (Lipinski definition) is 2. The van der Waals surface area contributed by atoms with Gasteiger partial charge in [-0.15, -0.1) is 0 Å². The first-order valence-corrected chi connectivity index (χ1v) is 6.49. The van der Waals surface area contributed by atoms with Crippen LogP contribution < -0.4 is 14.7 Å². The van der Waals surface area contributed by atoms with Gasteiger partial charge in [-0.1, -0.05) is 0 Å². The average molecular weight is 292 g/mol. The molecule has 0 aliphatic heterocycles. The van der Waals surface area contributed by atoms with Gasteiger partial charge in [0.25, 0.3) is 0 Å². The Kier molecular flexibility index (Phi) is 4.54. The monoisotopic (exact) mass is 292 g/mol. The van der Waals surface area contributed by atoms with Crippen LogP contribution in [0.5, 0.6) is 5.75 Å². The number of ether oxygens (including phenoxy) is 1. The molecular weight excluding hydrogens is 274 g/mol. The molecule has 1 amide bonds. The molecule has 0 aliphatic rings. The number of rotatable bonds is 5. The first kappa shape index (κ1) is 15.0. The standard InChI is InChI=1S/C14H17N3O4/c1-9(18)13-14(15-10(2)19)21-16-17(13)8-11-4-6-12(20-3)7-5-11/h4-7,9,18H,8H2,1-3H3/p+1. The van der Waals surface area contributed by atoms with Crippen LogP contribution in [0.1, 0.15) is 31.2 Å². The van der Waals surface area contributed by atoms with Crippen LogP contribution in [0.4, 0.5) is 5.88 Å². The Hall–Kier alpha value is -2.41. The van der Waals surface area contributed by atoms with Gasteiger partial charge >= 0.3 is 11.6 Å². The average Bonchev–Trinajstić information content (AvgIpc) is 2.81. The summed E-state index contributed by atoms with van der Waals surface area (Å²) in [6.45, 7) is 3.36. The van der Waals surface area contributed by atoms with Crippen LogP contribution in [0.25, 0.3) is 0 Å². The molecule has 0 saturated heterocycles. The summed E-state index contributed by atoms with van der Waals surface area (Å²) < 4.78 is 11.7. The quantitative estimate of drug-likeness (QED) is 0.804. The van der Waals surface area contributed by atoms with Gasteiger partial charge in [0.2, 0.25) is 17.7 Å². The fourth-order valence-electron chi connectivity index (χ4n) is 1.97. The van der Waals surface area contributed by atoms with Gasteiger partial charge in [0.05, 0.1) is 7.11 Å². The molecule has 0 fully saturated rings. The van der Waals surface area contributed by atoms with Gasteiger partial charge in [0, 0.05) is 12.5 Å². The molecule has 1 aromatic heterocycles. The number of hydrogen-bond acceptors (Lipinski definition) is 5. The largest absolute Gasteiger partial charge is 0.497 e. The third-order valence-electron chi connectivity index (χ3n) is 2.92. The molecule has 1 unspecified atom stereocenters. The maximum Gasteiger partial charge on any atom is 0.308 e. The van der Waals surface area contributed by atoms with E-state index in [9.17, 15) is 9.90 Å². The number of amides is 1. The molecule has 21 heavy (non-hydrogen) atoms. The van der Waals surface area contributed by atoms with E-state index in [-0.39, 0.29) is 11.8 Å². The predicted octanol–water partition coefficient (Wildman–Crippen LogP) is 1.03. The highest BCUT2D eigenvalue weighted by Gasteiger charge is 2.29. The number of nitrogens with zero attached hydrogens (tertiary/aromatic N) is 2. The van der Waals surface area contributed by atoms with Crippen LogP contribution in [-0.4, -0.2) is 23.4 Å². The molecule has 0 saturated carbocycles. The Morgan fingerprint density at radius 2 is 2.14 bits per heavy atom. The minimum atomic E-state index is -0.823. The molecular formula is C14H18N3O4+. The van der Waals surface area contributed by atoms with E-state index in [0.717, 1.165) is 11.3 Å². The minimum Gasteiger partial charge on any atom is -0.497 e. The van der Waals surface area contributed by atoms with Crippen LogP contribution in [0.3, 0.4) is 0 Å². The molecule has 0 spiro atoms. The van der Waals surface area contributed by atoms with Crippen molar-refractivity contribution in [3.8, 4) is 5.75 Å². The number of anilines is 1. The van der Waals surface area contributed by atoms with Crippen molar-refractivity contribution in [1.82, 2.24) is 5.27 Å². The van der Waals surface area contributed by atoms with Crippen molar-refractivity contribution in [1.29, 1.82) is 0 Å². The van der Waals surface area contributed by atoms with E-state index in [2.05, 4.69) is 10.6 Å². The molecule has 2 N–H and O–H groups in total. The zero-order chi connectivity index (χ0) is 15.4. The number of aliphatic hydroxyl groups excluding tert-OH is 1. The Bertz CT molecular complexity index is 620. The Labute approximate surface area is 122 Å². The van der Waals surface area contributed by atoms with Gasteiger partial charge in [-0.05, 0) is 35.9 Å². The van der Waals surface area contributed by atoms with E-state index in [1.54, 1.807) is 14.0 Å². The minimum absolute atomic E-state index is 0.158. The highest BCUT2D eigenvalue weighted by atomic mass is 16.5. The molecule has 0 bridgehead atoms. The number of carbonyl (C=O) groups excluding carboxylic acids is 1. The topological polar surface area (TPSA) is 88.5 Å². The van der Waals surface area contributed by atoms with Gasteiger partial charge < -0.3 is 9.84 Å². The smallest absolute Gasteiger partial charge is 0.308 e. The Morgan fingerprint density at radius 3 is 2.67 bits per heavy atom. The van der Waals surface area contributed by atoms with Crippen molar-refractivity contribution in [2.75, 3.05) is 12.4 Å². The molecule has 2 aromatic rings. The molecule has 1 atom stereocenters. The fraction of sp³-hybridized carbons (Fsp3) is 0.357. The second-order valence-electron chi connectivity index (χ2n) is 4.65. The van der Waals surface area contributed by atoms with E-state index < -0.39 is 6.10 Å². The van der Waals surface area contributed by atoms with Crippen LogP contribution in [0.15, 0.2) is 28.8 Å². The normalized spacial score (nSPS) is 12.0. The summed E-state index contributed by atoms with van der Waals surface area (Å²) in [7, 11) is 1.60. The summed E-state index contributed by atoms with van der Waals surface area (Å²) in [5.41, 5.74) is 1.38. The van der Waals surface area contributed by atoms with Crippen molar-refractivity contribution >= 4 is 11.8 Å². The lowest BCUT2D eigenvalue weighted by Crippen LogP contribution is -2.41. The lowest BCUT2D eigenvalue weighted by atomic mass is 10.2. The molecule has 1 heterocycles. The SMILES string of the molecule is COc1ccc(C[n+]2noc(NC(C)=O)c2C(C)O)cc1. The molecule has 1 aromatic carbocycles. The zero-order valence-corrected chi connectivity index (χ0v) is 12.2. The number of nitrogens with one attached hydrogen (secondary N) is 1. The number of carbonyl (C=O) groups is 1. The first-order chi connectivity index (χ1) is 10.0. The summed E-state index contributed by atoms with van der Waals surface area (Å²) in [5.74, 6) is 0.634. The van der Waals surface area contributed by atoms with Gasteiger partial charge in [-0.3, -0.25) is 14.6 Å². The summed E-state index contributed by atoms with van der Waals surface area (Å²) >= 11 is 0. The lowest BCUT2D eigenvalue weighted by molar-refractivity contribution is -0.763. The zero-order valence-electron chi connectivity index (χ0n) is 12.2. The van der Waals surface area contributed by atoms with Crippen LogP contribution in [0.2, 0.25) is 0 Å². The van der Waals surface area contributed by atoms with Crippen molar-refractivity contribution in [3.05, 3.63) is 35.5 Å². The molecule has 7 heteroatoms. The molecule has 112 valence electrons. The van der Waals surface area contributed by atoms with Crippen LogP contribution in [-0.2, 0) is 11.3 Å². The van der Waals surface area contributed by atoms with E-state index in [1.165, 1.54) is 11.6 Å². The molecule has 0 radical (unpaired) electrons. The maximum atomic E-state index is 11.1. The van der Waals surface area contributed by atoms with Gasteiger partial charge in [-0.25, -0.2) is 0 Å².